The van der Waals surface area contributed by atoms with E-state index in [1.807, 2.05) is 37.3 Å². The highest BCUT2D eigenvalue weighted by Gasteiger charge is 2.71. The van der Waals surface area contributed by atoms with E-state index >= 15 is 0 Å². The van der Waals surface area contributed by atoms with Crippen molar-refractivity contribution in [2.45, 2.75) is 38.2 Å². The van der Waals surface area contributed by atoms with Crippen LogP contribution in [0.2, 0.25) is 0 Å². The quantitative estimate of drug-likeness (QED) is 0.675. The van der Waals surface area contributed by atoms with Crippen molar-refractivity contribution in [3.63, 3.8) is 0 Å². The van der Waals surface area contributed by atoms with Crippen LogP contribution in [0, 0.1) is 18.3 Å². The Labute approximate surface area is 179 Å². The summed E-state index contributed by atoms with van der Waals surface area (Å²) in [6.45, 7) is 2.53. The fourth-order valence-corrected chi connectivity index (χ4v) is 6.23. The van der Waals surface area contributed by atoms with Gasteiger partial charge in [0.15, 0.2) is 0 Å². The lowest BCUT2D eigenvalue weighted by Crippen LogP contribution is -2.31. The molecule has 6 rings (SSSR count). The zero-order chi connectivity index (χ0) is 21.3. The monoisotopic (exact) mass is 419 g/mol. The molecule has 3 aliphatic rings. The largest absolute Gasteiger partial charge is 0.396 e. The van der Waals surface area contributed by atoms with Crippen molar-refractivity contribution in [2.75, 3.05) is 19.7 Å². The summed E-state index contributed by atoms with van der Waals surface area (Å²) in [4.78, 5) is 20.2. The predicted octanol–water partition coefficient (Wildman–Crippen LogP) is 2.23. The second-order valence-corrected chi connectivity index (χ2v) is 9.21. The average Bonchev–Trinajstić information content (AvgIpc) is 3.11. The zero-order valence-electron chi connectivity index (χ0n) is 17.4. The summed E-state index contributed by atoms with van der Waals surface area (Å²) in [5.41, 5.74) is 4.24. The number of carbonyl (C=O) groups excluding carboxylic acids is 1. The number of nitrogens with zero attached hydrogens (tertiary/aromatic N) is 3. The van der Waals surface area contributed by atoms with Gasteiger partial charge in [-0.25, -0.2) is 4.98 Å². The summed E-state index contributed by atoms with van der Waals surface area (Å²) in [5.74, 6) is -0.0987. The van der Waals surface area contributed by atoms with Gasteiger partial charge in [0.1, 0.15) is 0 Å². The average molecular weight is 419 g/mol. The number of carbonyl (C=O) groups is 1. The number of rotatable bonds is 3. The molecule has 0 unspecified atom stereocenters. The van der Waals surface area contributed by atoms with Gasteiger partial charge in [0.2, 0.25) is 0 Å². The second kappa shape index (κ2) is 6.61. The third-order valence-corrected chi connectivity index (χ3v) is 7.72. The molecule has 0 radical (unpaired) electrons. The van der Waals surface area contributed by atoms with Gasteiger partial charge >= 0.3 is 0 Å². The molecule has 2 aromatic heterocycles. The lowest BCUT2D eigenvalue weighted by molar-refractivity contribution is 0.0764. The van der Waals surface area contributed by atoms with Gasteiger partial charge in [0, 0.05) is 30.8 Å². The first-order valence-electron chi connectivity index (χ1n) is 11.0. The Kier molecular flexibility index (Phi) is 4.04. The van der Waals surface area contributed by atoms with Gasteiger partial charge in [-0.2, -0.15) is 0 Å². The molecule has 31 heavy (non-hydrogen) atoms. The van der Waals surface area contributed by atoms with Crippen LogP contribution in [0.15, 0.2) is 34.9 Å². The van der Waals surface area contributed by atoms with Crippen LogP contribution in [-0.4, -0.2) is 57.0 Å². The van der Waals surface area contributed by atoms with E-state index in [0.717, 1.165) is 36.1 Å². The summed E-state index contributed by atoms with van der Waals surface area (Å²) < 4.78 is 5.40. The van der Waals surface area contributed by atoms with E-state index in [-0.39, 0.29) is 30.9 Å². The molecular formula is C24H25N3O4. The van der Waals surface area contributed by atoms with Crippen LogP contribution < -0.4 is 0 Å². The fraction of sp³-hybridized carbons (Fsp3) is 0.458. The van der Waals surface area contributed by atoms with Crippen LogP contribution in [-0.2, 0) is 12.8 Å². The van der Waals surface area contributed by atoms with E-state index in [9.17, 15) is 15.0 Å². The van der Waals surface area contributed by atoms with Gasteiger partial charge in [-0.05, 0) is 49.1 Å². The van der Waals surface area contributed by atoms with E-state index in [1.165, 1.54) is 0 Å². The molecule has 1 aromatic carbocycles. The van der Waals surface area contributed by atoms with E-state index < -0.39 is 11.5 Å². The summed E-state index contributed by atoms with van der Waals surface area (Å²) in [6.07, 6.45) is 1.95. The first kappa shape index (κ1) is 19.0. The molecule has 7 heteroatoms. The molecular weight excluding hydrogens is 394 g/mol. The lowest BCUT2D eigenvalue weighted by Gasteiger charge is -2.19. The van der Waals surface area contributed by atoms with Crippen LogP contribution in [0.4, 0.5) is 0 Å². The van der Waals surface area contributed by atoms with Gasteiger partial charge in [0.05, 0.1) is 22.7 Å². The number of aliphatic hydroxyl groups excluding tert-OH is 2. The molecule has 1 spiro atoms. The number of aromatic nitrogens is 2. The molecule has 160 valence electrons. The van der Waals surface area contributed by atoms with Crippen LogP contribution >= 0.6 is 0 Å². The normalized spacial score (nSPS) is 29.1. The number of amides is 1. The number of β-amino-alcohol motifs (C(OH)–C–C–N with tert-alkyl or cyclic N) is 1. The molecule has 2 aliphatic carbocycles. The van der Waals surface area contributed by atoms with Crippen molar-refractivity contribution in [1.29, 1.82) is 0 Å². The van der Waals surface area contributed by atoms with E-state index in [0.29, 0.717) is 28.9 Å². The molecule has 2 fully saturated rings. The van der Waals surface area contributed by atoms with Gasteiger partial charge in [0.25, 0.3) is 11.6 Å². The van der Waals surface area contributed by atoms with Gasteiger partial charge < -0.3 is 19.6 Å². The summed E-state index contributed by atoms with van der Waals surface area (Å²) in [5, 5.41) is 25.9. The molecule has 2 N–H and O–H groups in total. The molecule has 0 bridgehead atoms. The Morgan fingerprint density at radius 1 is 1.29 bits per heavy atom. The Hall–Kier alpha value is -2.77. The number of hydrogen-bond donors (Lipinski definition) is 2. The number of hydrogen-bond acceptors (Lipinski definition) is 6. The van der Waals surface area contributed by atoms with Gasteiger partial charge in [-0.3, -0.25) is 4.79 Å². The van der Waals surface area contributed by atoms with E-state index in [1.54, 1.807) is 4.90 Å². The zero-order valence-corrected chi connectivity index (χ0v) is 17.4. The summed E-state index contributed by atoms with van der Waals surface area (Å²) in [7, 11) is 0. The van der Waals surface area contributed by atoms with Crippen molar-refractivity contribution in [3.8, 4) is 0 Å². The first-order chi connectivity index (χ1) is 15.1. The predicted molar refractivity (Wildman–Crippen MR) is 113 cm³/mol. The van der Waals surface area contributed by atoms with Crippen molar-refractivity contribution >= 4 is 17.0 Å². The minimum Gasteiger partial charge on any atom is -0.396 e. The minimum absolute atomic E-state index is 0.00168. The maximum Gasteiger partial charge on any atom is 0.259 e. The Bertz CT molecular complexity index is 1190. The van der Waals surface area contributed by atoms with Crippen LogP contribution in [0.5, 0.6) is 0 Å². The maximum absolute atomic E-state index is 13.8. The smallest absolute Gasteiger partial charge is 0.259 e. The molecule has 1 amide bonds. The fourth-order valence-electron chi connectivity index (χ4n) is 6.23. The van der Waals surface area contributed by atoms with Crippen LogP contribution in [0.25, 0.3) is 11.1 Å². The van der Waals surface area contributed by atoms with Crippen LogP contribution in [0.1, 0.15) is 45.2 Å². The lowest BCUT2D eigenvalue weighted by atomic mass is 9.95. The molecule has 7 nitrogen and oxygen atoms in total. The Balaban J connectivity index is 1.39. The SMILES string of the molecule is Cc1noc2nc3c(c(C(=O)N4C[C@@H](O)[C@@]5(C4)[C@H](CO)[C@H]5c4ccccc4)c12)CCC3. The maximum atomic E-state index is 13.8. The number of pyridine rings is 1. The third-order valence-electron chi connectivity index (χ3n) is 7.72. The highest BCUT2D eigenvalue weighted by Crippen LogP contribution is 2.68. The number of aryl methyl sites for hydroxylation is 2. The third kappa shape index (κ3) is 2.50. The summed E-state index contributed by atoms with van der Waals surface area (Å²) in [6, 6.07) is 10.00. The van der Waals surface area contributed by atoms with E-state index in [2.05, 4.69) is 10.1 Å². The molecule has 1 saturated carbocycles. The minimum atomic E-state index is -0.673. The topological polar surface area (TPSA) is 99.7 Å². The van der Waals surface area contributed by atoms with Crippen molar-refractivity contribution in [3.05, 3.63) is 58.4 Å². The Morgan fingerprint density at radius 2 is 2.10 bits per heavy atom. The highest BCUT2D eigenvalue weighted by atomic mass is 16.5. The molecule has 1 aliphatic heterocycles. The van der Waals surface area contributed by atoms with Gasteiger partial charge in [-0.1, -0.05) is 35.5 Å². The highest BCUT2D eigenvalue weighted by molar-refractivity contribution is 6.07. The second-order valence-electron chi connectivity index (χ2n) is 9.21. The Morgan fingerprint density at radius 3 is 2.87 bits per heavy atom. The molecule has 3 heterocycles. The molecule has 1 saturated heterocycles. The van der Waals surface area contributed by atoms with Crippen molar-refractivity contribution < 1.29 is 19.5 Å². The van der Waals surface area contributed by atoms with Crippen LogP contribution in [0.3, 0.4) is 0 Å². The number of aliphatic hydroxyl groups is 2. The van der Waals surface area contributed by atoms with Gasteiger partial charge in [-0.15, -0.1) is 0 Å². The van der Waals surface area contributed by atoms with Crippen molar-refractivity contribution in [1.82, 2.24) is 15.0 Å². The number of benzene rings is 1. The molecule has 4 atom stereocenters. The first-order valence-corrected chi connectivity index (χ1v) is 11.0. The van der Waals surface area contributed by atoms with E-state index in [4.69, 9.17) is 4.52 Å². The summed E-state index contributed by atoms with van der Waals surface area (Å²) >= 11 is 0. The standard InChI is InChI=1S/C24H25N3O4/c1-13-19-20(15-8-5-9-17(15)25-22(19)31-26-13)23(30)27-10-18(29)24(12-27)16(11-28)21(24)14-6-3-2-4-7-14/h2-4,6-7,16,18,21,28-29H,5,8-12H2,1H3/t16-,18-,21-,24-/m1/s1. The number of likely N-dealkylation sites (tertiary alicyclic amines) is 1. The number of fused-ring (bicyclic) bond motifs is 2. The van der Waals surface area contributed by atoms with Crippen molar-refractivity contribution in [2.24, 2.45) is 11.3 Å². The molecule has 3 aromatic rings.